The van der Waals surface area contributed by atoms with Crippen LogP contribution < -0.4 is 15.4 Å². The molecule has 1 atom stereocenters. The second kappa shape index (κ2) is 4.58. The molecule has 1 heterocycles. The first-order valence-corrected chi connectivity index (χ1v) is 7.11. The van der Waals surface area contributed by atoms with Gasteiger partial charge in [0.05, 0.1) is 16.3 Å². The van der Waals surface area contributed by atoms with Crippen molar-refractivity contribution in [1.29, 1.82) is 0 Å². The van der Waals surface area contributed by atoms with Gasteiger partial charge >= 0.3 is 0 Å². The molecule has 1 aromatic carbocycles. The Balaban J connectivity index is 2.41. The smallest absolute Gasteiger partial charge is 0.246 e. The van der Waals surface area contributed by atoms with Crippen LogP contribution in [0.2, 0.25) is 0 Å². The topological polar surface area (TPSA) is 87.3 Å². The number of anilines is 2. The average molecular weight is 269 g/mol. The van der Waals surface area contributed by atoms with Gasteiger partial charge in [-0.2, -0.15) is 0 Å². The molecule has 1 unspecified atom stereocenters. The summed E-state index contributed by atoms with van der Waals surface area (Å²) < 4.78 is 25.5. The van der Waals surface area contributed by atoms with E-state index in [4.69, 9.17) is 0 Å². The molecule has 0 saturated heterocycles. The molecule has 1 aliphatic heterocycles. The molecular weight excluding hydrogens is 254 g/mol. The molecule has 0 saturated carbocycles. The number of hydrogen-bond donors (Lipinski definition) is 3. The molecule has 0 aromatic heterocycles. The van der Waals surface area contributed by atoms with Crippen molar-refractivity contribution in [1.82, 2.24) is 4.72 Å². The molecule has 0 aliphatic carbocycles. The highest BCUT2D eigenvalue weighted by Gasteiger charge is 2.25. The molecule has 1 amide bonds. The minimum Gasteiger partial charge on any atom is -0.372 e. The van der Waals surface area contributed by atoms with E-state index in [0.29, 0.717) is 12.1 Å². The lowest BCUT2D eigenvalue weighted by Crippen LogP contribution is -2.38. The molecule has 0 spiro atoms. The van der Waals surface area contributed by atoms with E-state index in [2.05, 4.69) is 15.4 Å². The van der Waals surface area contributed by atoms with Crippen LogP contribution in [0.25, 0.3) is 0 Å². The number of amides is 1. The summed E-state index contributed by atoms with van der Waals surface area (Å²) in [7, 11) is -2.15. The Hall–Kier alpha value is -1.60. The van der Waals surface area contributed by atoms with Crippen LogP contribution in [-0.2, 0) is 14.8 Å². The van der Waals surface area contributed by atoms with Gasteiger partial charge in [0.2, 0.25) is 15.9 Å². The van der Waals surface area contributed by atoms with Crippen LogP contribution in [0.5, 0.6) is 0 Å². The highest BCUT2D eigenvalue weighted by atomic mass is 32.2. The van der Waals surface area contributed by atoms with Crippen LogP contribution in [0.4, 0.5) is 11.4 Å². The first-order chi connectivity index (χ1) is 8.47. The lowest BCUT2D eigenvalue weighted by Gasteiger charge is -2.26. The monoisotopic (exact) mass is 269 g/mol. The predicted molar refractivity (Wildman–Crippen MR) is 69.0 cm³/mol. The van der Waals surface area contributed by atoms with E-state index in [1.807, 2.05) is 6.92 Å². The van der Waals surface area contributed by atoms with Gasteiger partial charge in [0.25, 0.3) is 0 Å². The SMILES string of the molecule is CCC1Nc2ccc(S(=O)(=O)NC)cc2NC1=O. The fraction of sp³-hybridized carbons (Fsp3) is 0.364. The number of sulfonamides is 1. The molecule has 7 heteroatoms. The van der Waals surface area contributed by atoms with Gasteiger partial charge in [-0.25, -0.2) is 13.1 Å². The first kappa shape index (κ1) is 12.8. The van der Waals surface area contributed by atoms with E-state index in [1.54, 1.807) is 6.07 Å². The lowest BCUT2D eigenvalue weighted by atomic mass is 10.1. The highest BCUT2D eigenvalue weighted by molar-refractivity contribution is 7.89. The Bertz CT molecular complexity index is 583. The Kier molecular flexibility index (Phi) is 3.27. The summed E-state index contributed by atoms with van der Waals surface area (Å²) in [5, 5.41) is 5.77. The Morgan fingerprint density at radius 1 is 1.33 bits per heavy atom. The van der Waals surface area contributed by atoms with Gasteiger partial charge in [0, 0.05) is 0 Å². The second-order valence-electron chi connectivity index (χ2n) is 4.01. The molecule has 6 nitrogen and oxygen atoms in total. The summed E-state index contributed by atoms with van der Waals surface area (Å²) in [5.74, 6) is -0.149. The summed E-state index contributed by atoms with van der Waals surface area (Å²) >= 11 is 0. The molecule has 0 bridgehead atoms. The molecule has 0 fully saturated rings. The highest BCUT2D eigenvalue weighted by Crippen LogP contribution is 2.29. The Morgan fingerprint density at radius 2 is 2.06 bits per heavy atom. The normalized spacial score (nSPS) is 18.8. The van der Waals surface area contributed by atoms with Crippen molar-refractivity contribution < 1.29 is 13.2 Å². The van der Waals surface area contributed by atoms with Gasteiger partial charge in [0.1, 0.15) is 6.04 Å². The third-order valence-corrected chi connectivity index (χ3v) is 4.29. The molecule has 2 rings (SSSR count). The van der Waals surface area contributed by atoms with Gasteiger partial charge in [-0.3, -0.25) is 4.79 Å². The van der Waals surface area contributed by atoms with Gasteiger partial charge in [-0.05, 0) is 31.7 Å². The van der Waals surface area contributed by atoms with Crippen molar-refractivity contribution in [2.75, 3.05) is 17.7 Å². The fourth-order valence-electron chi connectivity index (χ4n) is 1.80. The van der Waals surface area contributed by atoms with Crippen molar-refractivity contribution in [3.63, 3.8) is 0 Å². The van der Waals surface area contributed by atoms with Crippen molar-refractivity contribution >= 4 is 27.3 Å². The van der Waals surface area contributed by atoms with E-state index >= 15 is 0 Å². The van der Waals surface area contributed by atoms with Crippen LogP contribution in [0, 0.1) is 0 Å². The van der Waals surface area contributed by atoms with Crippen LogP contribution in [-0.4, -0.2) is 27.4 Å². The van der Waals surface area contributed by atoms with E-state index in [-0.39, 0.29) is 16.8 Å². The summed E-state index contributed by atoms with van der Waals surface area (Å²) in [6.45, 7) is 1.90. The van der Waals surface area contributed by atoms with Gasteiger partial charge < -0.3 is 10.6 Å². The maximum atomic E-state index is 11.7. The zero-order chi connectivity index (χ0) is 13.3. The fourth-order valence-corrected chi connectivity index (χ4v) is 2.55. The van der Waals surface area contributed by atoms with Crippen molar-refractivity contribution in [3.05, 3.63) is 18.2 Å². The Morgan fingerprint density at radius 3 is 2.67 bits per heavy atom. The minimum atomic E-state index is -3.50. The van der Waals surface area contributed by atoms with Crippen molar-refractivity contribution in [2.24, 2.45) is 0 Å². The van der Waals surface area contributed by atoms with E-state index < -0.39 is 10.0 Å². The molecule has 18 heavy (non-hydrogen) atoms. The zero-order valence-corrected chi connectivity index (χ0v) is 11.0. The summed E-state index contributed by atoms with van der Waals surface area (Å²) in [6.07, 6.45) is 0.668. The largest absolute Gasteiger partial charge is 0.372 e. The number of rotatable bonds is 3. The third-order valence-electron chi connectivity index (χ3n) is 2.88. The van der Waals surface area contributed by atoms with Crippen LogP contribution in [0.15, 0.2) is 23.1 Å². The van der Waals surface area contributed by atoms with Crippen molar-refractivity contribution in [3.8, 4) is 0 Å². The second-order valence-corrected chi connectivity index (χ2v) is 5.90. The van der Waals surface area contributed by atoms with Gasteiger partial charge in [0.15, 0.2) is 0 Å². The van der Waals surface area contributed by atoms with Gasteiger partial charge in [-0.1, -0.05) is 6.92 Å². The third kappa shape index (κ3) is 2.19. The summed E-state index contributed by atoms with van der Waals surface area (Å²) in [5.41, 5.74) is 1.22. The van der Waals surface area contributed by atoms with E-state index in [0.717, 1.165) is 5.69 Å². The van der Waals surface area contributed by atoms with Gasteiger partial charge in [-0.15, -0.1) is 0 Å². The number of nitrogens with one attached hydrogen (secondary N) is 3. The molecule has 0 radical (unpaired) electrons. The number of carbonyl (C=O) groups excluding carboxylic acids is 1. The number of hydrogen-bond acceptors (Lipinski definition) is 4. The molecule has 1 aromatic rings. The standard InChI is InChI=1S/C11H15N3O3S/c1-3-8-11(15)14-10-6-7(18(16,17)12-2)4-5-9(10)13-8/h4-6,8,12-13H,3H2,1-2H3,(H,14,15). The molecular formula is C11H15N3O3S. The predicted octanol–water partition coefficient (Wildman–Crippen LogP) is 0.737. The van der Waals surface area contributed by atoms with Crippen LogP contribution in [0.3, 0.4) is 0 Å². The maximum Gasteiger partial charge on any atom is 0.246 e. The zero-order valence-electron chi connectivity index (χ0n) is 10.1. The molecule has 98 valence electrons. The van der Waals surface area contributed by atoms with E-state index in [9.17, 15) is 13.2 Å². The number of fused-ring (bicyclic) bond motifs is 1. The summed E-state index contributed by atoms with van der Waals surface area (Å²) in [6, 6.07) is 4.32. The number of benzene rings is 1. The molecule has 1 aliphatic rings. The lowest BCUT2D eigenvalue weighted by molar-refractivity contribution is -0.117. The van der Waals surface area contributed by atoms with Crippen molar-refractivity contribution in [2.45, 2.75) is 24.3 Å². The number of carbonyl (C=O) groups is 1. The first-order valence-electron chi connectivity index (χ1n) is 5.63. The quantitative estimate of drug-likeness (QED) is 0.755. The average Bonchev–Trinajstić information content (AvgIpc) is 2.37. The van der Waals surface area contributed by atoms with Crippen LogP contribution in [0.1, 0.15) is 13.3 Å². The van der Waals surface area contributed by atoms with E-state index in [1.165, 1.54) is 19.2 Å². The minimum absolute atomic E-state index is 0.126. The Labute approximate surface area is 106 Å². The van der Waals surface area contributed by atoms with Crippen LogP contribution >= 0.6 is 0 Å². The summed E-state index contributed by atoms with van der Waals surface area (Å²) in [4.78, 5) is 11.8. The molecule has 3 N–H and O–H groups in total. The maximum absolute atomic E-state index is 11.7.